The fourth-order valence-electron chi connectivity index (χ4n) is 4.08. The Morgan fingerprint density at radius 3 is 3.00 bits per heavy atom. The van der Waals surface area contributed by atoms with Gasteiger partial charge in [0.05, 0.1) is 11.2 Å². The minimum atomic E-state index is -0.137. The van der Waals surface area contributed by atoms with E-state index in [0.717, 1.165) is 49.2 Å². The molecule has 1 atom stereocenters. The molecule has 0 radical (unpaired) electrons. The number of imidazole rings is 1. The van der Waals surface area contributed by atoms with Crippen molar-refractivity contribution in [3.8, 4) is 0 Å². The molecule has 1 aromatic heterocycles. The van der Waals surface area contributed by atoms with E-state index in [1.54, 1.807) is 10.9 Å². The minimum absolute atomic E-state index is 0.137. The lowest BCUT2D eigenvalue weighted by Gasteiger charge is -2.38. The number of aromatic nitrogens is 2. The molecule has 0 spiro atoms. The first-order chi connectivity index (χ1) is 13.0. The highest BCUT2D eigenvalue weighted by molar-refractivity contribution is 5.95. The maximum atomic E-state index is 12.5. The quantitative estimate of drug-likeness (QED) is 0.899. The van der Waals surface area contributed by atoms with Crippen LogP contribution in [0.2, 0.25) is 0 Å². The van der Waals surface area contributed by atoms with Gasteiger partial charge in [-0.25, -0.2) is 9.78 Å². The number of fused-ring (bicyclic) bond motifs is 2. The molecular weight excluding hydrogens is 342 g/mol. The molecule has 2 saturated heterocycles. The van der Waals surface area contributed by atoms with Crippen molar-refractivity contribution in [1.29, 1.82) is 0 Å². The summed E-state index contributed by atoms with van der Waals surface area (Å²) in [6, 6.07) is 6.12. The van der Waals surface area contributed by atoms with E-state index >= 15 is 0 Å². The lowest BCUT2D eigenvalue weighted by molar-refractivity contribution is -0.129. The van der Waals surface area contributed by atoms with E-state index < -0.39 is 0 Å². The molecular formula is C20H27N5O2. The summed E-state index contributed by atoms with van der Waals surface area (Å²) in [5.74, 6) is 0.831. The standard InChI is InChI=1S/C20H27N5O2/c1-14(2)8-9-21-20(27)25-13-22-19-16(4-3-5-17(19)25)23-10-11-24-15(12-23)6-7-18(24)26/h3-5,13-15H,6-12H2,1-2H3,(H,21,27). The fraction of sp³-hybridized carbons (Fsp3) is 0.550. The first kappa shape index (κ1) is 17.8. The third-order valence-corrected chi connectivity index (χ3v) is 5.61. The van der Waals surface area contributed by atoms with Gasteiger partial charge >= 0.3 is 6.03 Å². The Labute approximate surface area is 159 Å². The lowest BCUT2D eigenvalue weighted by atomic mass is 10.1. The molecule has 2 fully saturated rings. The molecule has 7 nitrogen and oxygen atoms in total. The van der Waals surface area contributed by atoms with Gasteiger partial charge in [0.25, 0.3) is 0 Å². The molecule has 1 aromatic carbocycles. The molecule has 144 valence electrons. The Morgan fingerprint density at radius 2 is 2.19 bits per heavy atom. The van der Waals surface area contributed by atoms with Crippen molar-refractivity contribution >= 4 is 28.7 Å². The summed E-state index contributed by atoms with van der Waals surface area (Å²) in [5, 5.41) is 2.97. The first-order valence-corrected chi connectivity index (χ1v) is 9.83. The van der Waals surface area contributed by atoms with E-state index in [1.807, 2.05) is 17.0 Å². The monoisotopic (exact) mass is 369 g/mol. The molecule has 0 aliphatic carbocycles. The van der Waals surface area contributed by atoms with Crippen molar-refractivity contribution in [3.63, 3.8) is 0 Å². The summed E-state index contributed by atoms with van der Waals surface area (Å²) in [7, 11) is 0. The number of carbonyl (C=O) groups is 2. The van der Waals surface area contributed by atoms with Crippen LogP contribution in [-0.2, 0) is 4.79 Å². The van der Waals surface area contributed by atoms with E-state index in [1.165, 1.54) is 0 Å². The Hall–Kier alpha value is -2.57. The van der Waals surface area contributed by atoms with Crippen LogP contribution in [0.3, 0.4) is 0 Å². The summed E-state index contributed by atoms with van der Waals surface area (Å²) in [5.41, 5.74) is 2.70. The highest BCUT2D eigenvalue weighted by Gasteiger charge is 2.36. The van der Waals surface area contributed by atoms with Crippen molar-refractivity contribution in [2.75, 3.05) is 31.1 Å². The Morgan fingerprint density at radius 1 is 1.33 bits per heavy atom. The van der Waals surface area contributed by atoms with Gasteiger partial charge in [-0.3, -0.25) is 9.36 Å². The zero-order valence-electron chi connectivity index (χ0n) is 16.0. The molecule has 2 aromatic rings. The summed E-state index contributed by atoms with van der Waals surface area (Å²) < 4.78 is 1.59. The van der Waals surface area contributed by atoms with Crippen LogP contribution < -0.4 is 10.2 Å². The van der Waals surface area contributed by atoms with Crippen LogP contribution in [0.15, 0.2) is 24.5 Å². The van der Waals surface area contributed by atoms with E-state index in [-0.39, 0.29) is 11.9 Å². The van der Waals surface area contributed by atoms with Gasteiger partial charge in [-0.2, -0.15) is 0 Å². The molecule has 27 heavy (non-hydrogen) atoms. The highest BCUT2D eigenvalue weighted by Crippen LogP contribution is 2.30. The second-order valence-electron chi connectivity index (χ2n) is 7.90. The van der Waals surface area contributed by atoms with Crippen LogP contribution in [0.1, 0.15) is 33.1 Å². The van der Waals surface area contributed by atoms with Crippen molar-refractivity contribution in [1.82, 2.24) is 19.8 Å². The summed E-state index contributed by atoms with van der Waals surface area (Å²) in [4.78, 5) is 33.3. The van der Waals surface area contributed by atoms with Crippen molar-refractivity contribution < 1.29 is 9.59 Å². The van der Waals surface area contributed by atoms with E-state index in [0.29, 0.717) is 24.9 Å². The number of anilines is 1. The smallest absolute Gasteiger partial charge is 0.327 e. The summed E-state index contributed by atoms with van der Waals surface area (Å²) in [6.07, 6.45) is 4.15. The van der Waals surface area contributed by atoms with E-state index in [4.69, 9.17) is 0 Å². The van der Waals surface area contributed by atoms with Gasteiger partial charge in [0.2, 0.25) is 5.91 Å². The maximum Gasteiger partial charge on any atom is 0.327 e. The molecule has 1 unspecified atom stereocenters. The predicted octanol–water partition coefficient (Wildman–Crippen LogP) is 2.45. The molecule has 7 heteroatoms. The number of carbonyl (C=O) groups excluding carboxylic acids is 2. The van der Waals surface area contributed by atoms with Crippen LogP contribution in [0, 0.1) is 5.92 Å². The van der Waals surface area contributed by atoms with Gasteiger partial charge < -0.3 is 15.1 Å². The van der Waals surface area contributed by atoms with Gasteiger partial charge in [-0.1, -0.05) is 19.9 Å². The van der Waals surface area contributed by atoms with Crippen LogP contribution >= 0.6 is 0 Å². The highest BCUT2D eigenvalue weighted by atomic mass is 16.2. The normalized spacial score (nSPS) is 19.8. The maximum absolute atomic E-state index is 12.5. The Bertz CT molecular complexity index is 859. The number of nitrogens with zero attached hydrogens (tertiary/aromatic N) is 4. The van der Waals surface area contributed by atoms with Crippen LogP contribution in [0.5, 0.6) is 0 Å². The number of nitrogens with one attached hydrogen (secondary N) is 1. The second kappa shape index (κ2) is 7.21. The number of piperazine rings is 1. The fourth-order valence-corrected chi connectivity index (χ4v) is 4.08. The van der Waals surface area contributed by atoms with E-state index in [9.17, 15) is 9.59 Å². The second-order valence-corrected chi connectivity index (χ2v) is 7.90. The van der Waals surface area contributed by atoms with Crippen LogP contribution in [0.4, 0.5) is 10.5 Å². The van der Waals surface area contributed by atoms with Crippen molar-refractivity contribution in [2.24, 2.45) is 5.92 Å². The third kappa shape index (κ3) is 3.38. The molecule has 2 aliphatic rings. The SMILES string of the molecule is CC(C)CCNC(=O)n1cnc2c(N3CCN4C(=O)CCC4C3)cccc21. The van der Waals surface area contributed by atoms with Crippen LogP contribution in [0.25, 0.3) is 11.0 Å². The zero-order chi connectivity index (χ0) is 19.0. The van der Waals surface area contributed by atoms with Gasteiger partial charge in [0.15, 0.2) is 0 Å². The van der Waals surface area contributed by atoms with Crippen molar-refractivity contribution in [2.45, 2.75) is 39.2 Å². The average molecular weight is 369 g/mol. The molecule has 0 bridgehead atoms. The predicted molar refractivity (Wildman–Crippen MR) is 105 cm³/mol. The Balaban J connectivity index is 1.54. The lowest BCUT2D eigenvalue weighted by Crippen LogP contribution is -2.51. The minimum Gasteiger partial charge on any atom is -0.366 e. The molecule has 3 heterocycles. The average Bonchev–Trinajstić information content (AvgIpc) is 3.25. The molecule has 2 amide bonds. The first-order valence-electron chi connectivity index (χ1n) is 9.83. The van der Waals surface area contributed by atoms with Gasteiger partial charge in [-0.15, -0.1) is 0 Å². The molecule has 4 rings (SSSR count). The van der Waals surface area contributed by atoms with Gasteiger partial charge in [0.1, 0.15) is 11.8 Å². The van der Waals surface area contributed by atoms with Gasteiger partial charge in [0, 0.05) is 38.6 Å². The number of benzene rings is 1. The number of rotatable bonds is 4. The van der Waals surface area contributed by atoms with Crippen molar-refractivity contribution in [3.05, 3.63) is 24.5 Å². The number of para-hydroxylation sites is 1. The topological polar surface area (TPSA) is 70.5 Å². The van der Waals surface area contributed by atoms with E-state index in [2.05, 4.69) is 35.1 Å². The molecule has 2 aliphatic heterocycles. The number of hydrogen-bond donors (Lipinski definition) is 1. The van der Waals surface area contributed by atoms with Crippen LogP contribution in [-0.4, -0.2) is 58.6 Å². The largest absolute Gasteiger partial charge is 0.366 e. The molecule has 1 N–H and O–H groups in total. The number of amides is 2. The Kier molecular flexibility index (Phi) is 4.76. The van der Waals surface area contributed by atoms with Gasteiger partial charge in [-0.05, 0) is 30.9 Å². The number of hydrogen-bond acceptors (Lipinski definition) is 4. The summed E-state index contributed by atoms with van der Waals surface area (Å²) >= 11 is 0. The third-order valence-electron chi connectivity index (χ3n) is 5.61. The summed E-state index contributed by atoms with van der Waals surface area (Å²) in [6.45, 7) is 7.34. The zero-order valence-corrected chi connectivity index (χ0v) is 16.0. The molecule has 0 saturated carbocycles.